The minimum atomic E-state index is -1.19. The fraction of sp³-hybridized carbons (Fsp3) is 0.533. The van der Waals surface area contributed by atoms with Crippen LogP contribution in [0, 0.1) is 23.0 Å². The third-order valence-corrected chi connectivity index (χ3v) is 3.79. The molecule has 0 bridgehead atoms. The predicted molar refractivity (Wildman–Crippen MR) is 74.8 cm³/mol. The number of halogens is 2. The molecule has 1 N–H and O–H groups in total. The average Bonchev–Trinajstić information content (AvgIpc) is 2.39. The lowest BCUT2D eigenvalue weighted by Crippen LogP contribution is -2.29. The summed E-state index contributed by atoms with van der Waals surface area (Å²) in [5.41, 5.74) is -0.424. The van der Waals surface area contributed by atoms with Crippen LogP contribution >= 0.6 is 0 Å². The topological polar surface area (TPSA) is 38.3 Å². The second kappa shape index (κ2) is 6.20. The molecule has 0 atom stereocenters. The summed E-state index contributed by atoms with van der Waals surface area (Å²) in [6.07, 6.45) is 0. The lowest BCUT2D eigenvalue weighted by Gasteiger charge is -2.30. The fourth-order valence-electron chi connectivity index (χ4n) is 1.48. The van der Waals surface area contributed by atoms with Gasteiger partial charge in [0.15, 0.2) is 11.6 Å². The molecule has 0 aromatic heterocycles. The van der Waals surface area contributed by atoms with Crippen LogP contribution in [-0.2, 0) is 4.74 Å². The molecule has 0 unspecified atom stereocenters. The van der Waals surface area contributed by atoms with E-state index in [2.05, 4.69) is 23.9 Å². The van der Waals surface area contributed by atoms with Crippen molar-refractivity contribution in [2.24, 2.45) is 11.3 Å². The molecule has 1 rings (SSSR count). The van der Waals surface area contributed by atoms with Crippen LogP contribution in [-0.4, -0.2) is 19.6 Å². The van der Waals surface area contributed by atoms with Crippen LogP contribution in [0.4, 0.5) is 14.5 Å². The molecule has 0 aliphatic heterocycles. The number of hydrogen-bond donors (Lipinski definition) is 1. The highest BCUT2D eigenvalue weighted by molar-refractivity contribution is 5.90. The van der Waals surface area contributed by atoms with Gasteiger partial charge in [-0.2, -0.15) is 0 Å². The molecule has 0 fully saturated rings. The van der Waals surface area contributed by atoms with Crippen molar-refractivity contribution in [1.29, 1.82) is 0 Å². The average molecular weight is 285 g/mol. The van der Waals surface area contributed by atoms with Crippen LogP contribution in [0.5, 0.6) is 0 Å². The van der Waals surface area contributed by atoms with E-state index in [0.29, 0.717) is 12.5 Å². The predicted octanol–water partition coefficient (Wildman–Crippen LogP) is 3.85. The first-order valence-electron chi connectivity index (χ1n) is 6.51. The largest absolute Gasteiger partial charge is 0.465 e. The lowest BCUT2D eigenvalue weighted by molar-refractivity contribution is 0.0594. The standard InChI is InChI=1S/C15H21F2NO2/c1-9(2)15(3,4)8-18-11-7-6-10(14(19)20-5)12(16)13(11)17/h6-7,9,18H,8H2,1-5H3. The Hall–Kier alpha value is -1.65. The van der Waals surface area contributed by atoms with Crippen molar-refractivity contribution in [3.63, 3.8) is 0 Å². The Kier molecular flexibility index (Phi) is 5.09. The molecule has 20 heavy (non-hydrogen) atoms. The first-order valence-corrected chi connectivity index (χ1v) is 6.51. The summed E-state index contributed by atoms with van der Waals surface area (Å²) in [6.45, 7) is 8.72. The van der Waals surface area contributed by atoms with Crippen molar-refractivity contribution in [3.05, 3.63) is 29.3 Å². The van der Waals surface area contributed by atoms with Crippen LogP contribution in [0.1, 0.15) is 38.1 Å². The van der Waals surface area contributed by atoms with Crippen molar-refractivity contribution in [2.45, 2.75) is 27.7 Å². The quantitative estimate of drug-likeness (QED) is 0.835. The summed E-state index contributed by atoms with van der Waals surface area (Å²) in [7, 11) is 1.12. The molecule has 0 radical (unpaired) electrons. The van der Waals surface area contributed by atoms with Crippen LogP contribution < -0.4 is 5.32 Å². The minimum Gasteiger partial charge on any atom is -0.465 e. The molecule has 0 heterocycles. The number of ether oxygens (including phenoxy) is 1. The van der Waals surface area contributed by atoms with Crippen molar-refractivity contribution in [3.8, 4) is 0 Å². The monoisotopic (exact) mass is 285 g/mol. The Bertz CT molecular complexity index is 499. The van der Waals surface area contributed by atoms with Crippen LogP contribution in [0.2, 0.25) is 0 Å². The van der Waals surface area contributed by atoms with E-state index in [0.717, 1.165) is 7.11 Å². The number of esters is 1. The SMILES string of the molecule is COC(=O)c1ccc(NCC(C)(C)C(C)C)c(F)c1F. The molecule has 0 aliphatic rings. The molecule has 112 valence electrons. The van der Waals surface area contributed by atoms with Gasteiger partial charge in [-0.1, -0.05) is 27.7 Å². The zero-order valence-electron chi connectivity index (χ0n) is 12.5. The molecule has 5 heteroatoms. The Labute approximate surface area is 118 Å². The molecule has 0 spiro atoms. The number of nitrogens with one attached hydrogen (secondary N) is 1. The van der Waals surface area contributed by atoms with Crippen molar-refractivity contribution in [2.75, 3.05) is 19.0 Å². The first-order chi connectivity index (χ1) is 9.20. The van der Waals surface area contributed by atoms with Crippen LogP contribution in [0.3, 0.4) is 0 Å². The number of methoxy groups -OCH3 is 1. The maximum absolute atomic E-state index is 13.9. The number of carbonyl (C=O) groups excluding carboxylic acids is 1. The number of carbonyl (C=O) groups is 1. The van der Waals surface area contributed by atoms with E-state index in [1.807, 2.05) is 13.8 Å². The lowest BCUT2D eigenvalue weighted by atomic mass is 9.81. The second-order valence-electron chi connectivity index (χ2n) is 5.78. The second-order valence-corrected chi connectivity index (χ2v) is 5.78. The van der Waals surface area contributed by atoms with E-state index >= 15 is 0 Å². The van der Waals surface area contributed by atoms with E-state index in [9.17, 15) is 13.6 Å². The van der Waals surface area contributed by atoms with Crippen molar-refractivity contribution < 1.29 is 18.3 Å². The summed E-state index contributed by atoms with van der Waals surface area (Å²) in [5, 5.41) is 2.89. The van der Waals surface area contributed by atoms with Gasteiger partial charge in [0, 0.05) is 6.54 Å². The molecule has 0 aliphatic carbocycles. The van der Waals surface area contributed by atoms with E-state index < -0.39 is 23.2 Å². The van der Waals surface area contributed by atoms with Crippen molar-refractivity contribution >= 4 is 11.7 Å². The number of anilines is 1. The van der Waals surface area contributed by atoms with Crippen LogP contribution in [0.15, 0.2) is 12.1 Å². The van der Waals surface area contributed by atoms with Gasteiger partial charge in [-0.15, -0.1) is 0 Å². The molecule has 1 aromatic carbocycles. The Morgan fingerprint density at radius 2 is 1.90 bits per heavy atom. The molecular weight excluding hydrogens is 264 g/mol. The van der Waals surface area contributed by atoms with Gasteiger partial charge in [0.05, 0.1) is 18.4 Å². The van der Waals surface area contributed by atoms with Crippen molar-refractivity contribution in [1.82, 2.24) is 0 Å². The maximum Gasteiger partial charge on any atom is 0.340 e. The smallest absolute Gasteiger partial charge is 0.340 e. The highest BCUT2D eigenvalue weighted by Crippen LogP contribution is 2.28. The van der Waals surface area contributed by atoms with Crippen LogP contribution in [0.25, 0.3) is 0 Å². The van der Waals surface area contributed by atoms with Gasteiger partial charge in [-0.3, -0.25) is 0 Å². The van der Waals surface area contributed by atoms with E-state index in [-0.39, 0.29) is 11.1 Å². The highest BCUT2D eigenvalue weighted by atomic mass is 19.2. The van der Waals surface area contributed by atoms with Gasteiger partial charge in [-0.05, 0) is 23.5 Å². The summed E-state index contributed by atoms with van der Waals surface area (Å²) in [6, 6.07) is 2.57. The minimum absolute atomic E-state index is 0.0453. The summed E-state index contributed by atoms with van der Waals surface area (Å²) in [4.78, 5) is 11.3. The molecule has 0 saturated carbocycles. The highest BCUT2D eigenvalue weighted by Gasteiger charge is 2.24. The number of rotatable bonds is 5. The molecular formula is C15H21F2NO2. The van der Waals surface area contributed by atoms with E-state index in [1.54, 1.807) is 0 Å². The zero-order valence-corrected chi connectivity index (χ0v) is 12.5. The van der Waals surface area contributed by atoms with Gasteiger partial charge in [0.1, 0.15) is 0 Å². The molecule has 3 nitrogen and oxygen atoms in total. The van der Waals surface area contributed by atoms with Gasteiger partial charge < -0.3 is 10.1 Å². The maximum atomic E-state index is 13.9. The molecule has 0 amide bonds. The number of hydrogen-bond acceptors (Lipinski definition) is 3. The molecule has 0 saturated heterocycles. The third kappa shape index (κ3) is 3.46. The Balaban J connectivity index is 2.94. The normalized spacial score (nSPS) is 11.6. The molecule has 1 aromatic rings. The Morgan fingerprint density at radius 3 is 2.40 bits per heavy atom. The van der Waals surface area contributed by atoms with E-state index in [1.165, 1.54) is 12.1 Å². The summed E-state index contributed by atoms with van der Waals surface area (Å²) >= 11 is 0. The third-order valence-electron chi connectivity index (χ3n) is 3.79. The van der Waals surface area contributed by atoms with Gasteiger partial charge >= 0.3 is 5.97 Å². The summed E-state index contributed by atoms with van der Waals surface area (Å²) < 4.78 is 32.0. The summed E-state index contributed by atoms with van der Waals surface area (Å²) in [5.74, 6) is -2.76. The van der Waals surface area contributed by atoms with Gasteiger partial charge in [0.2, 0.25) is 0 Å². The zero-order chi connectivity index (χ0) is 15.5. The first kappa shape index (κ1) is 16.4. The van der Waals surface area contributed by atoms with Gasteiger partial charge in [0.25, 0.3) is 0 Å². The van der Waals surface area contributed by atoms with Gasteiger partial charge in [-0.25, -0.2) is 13.6 Å². The number of benzene rings is 1. The Morgan fingerprint density at radius 1 is 1.30 bits per heavy atom. The van der Waals surface area contributed by atoms with E-state index in [4.69, 9.17) is 0 Å². The fourth-order valence-corrected chi connectivity index (χ4v) is 1.48.